The highest BCUT2D eigenvalue weighted by Crippen LogP contribution is 2.40. The molecule has 1 unspecified atom stereocenters. The number of hydrogen-bond donors (Lipinski definition) is 1. The lowest BCUT2D eigenvalue weighted by atomic mass is 9.95. The Kier molecular flexibility index (Phi) is 6.94. The van der Waals surface area contributed by atoms with Gasteiger partial charge in [0.05, 0.1) is 18.2 Å². The quantitative estimate of drug-likeness (QED) is 0.248. The Morgan fingerprint density at radius 3 is 2.27 bits per heavy atom. The molecule has 4 rings (SSSR count). The van der Waals surface area contributed by atoms with E-state index in [2.05, 4.69) is 15.9 Å². The highest BCUT2D eigenvalue weighted by molar-refractivity contribution is 9.10. The van der Waals surface area contributed by atoms with E-state index in [0.29, 0.717) is 17.9 Å². The summed E-state index contributed by atoms with van der Waals surface area (Å²) in [6.07, 6.45) is 0.889. The van der Waals surface area contributed by atoms with E-state index in [4.69, 9.17) is 4.74 Å². The predicted octanol–water partition coefficient (Wildman–Crippen LogP) is 5.86. The van der Waals surface area contributed by atoms with E-state index in [1.54, 1.807) is 24.3 Å². The first-order chi connectivity index (χ1) is 16.0. The van der Waals surface area contributed by atoms with Gasteiger partial charge in [-0.1, -0.05) is 65.3 Å². The van der Waals surface area contributed by atoms with Crippen LogP contribution in [0, 0.1) is 0 Å². The molecule has 1 N–H and O–H groups in total. The van der Waals surface area contributed by atoms with Crippen molar-refractivity contribution in [3.63, 3.8) is 0 Å². The van der Waals surface area contributed by atoms with Crippen LogP contribution < -0.4 is 4.74 Å². The van der Waals surface area contributed by atoms with Crippen molar-refractivity contribution in [2.24, 2.45) is 0 Å². The number of likely N-dealkylation sites (tertiary alicyclic amines) is 1. The van der Waals surface area contributed by atoms with Crippen LogP contribution in [0.4, 0.5) is 0 Å². The summed E-state index contributed by atoms with van der Waals surface area (Å²) in [5.41, 5.74) is 2.19. The van der Waals surface area contributed by atoms with Gasteiger partial charge in [-0.2, -0.15) is 0 Å². The summed E-state index contributed by atoms with van der Waals surface area (Å²) in [7, 11) is 0. The number of Topliss-reactive ketones (excluding diaryl/α,β-unsaturated/α-hetero) is 1. The molecular formula is C27H24BrNO4. The van der Waals surface area contributed by atoms with Crippen molar-refractivity contribution in [2.45, 2.75) is 25.9 Å². The van der Waals surface area contributed by atoms with Crippen molar-refractivity contribution in [1.82, 2.24) is 4.90 Å². The van der Waals surface area contributed by atoms with Crippen LogP contribution in [0.5, 0.6) is 5.75 Å². The minimum Gasteiger partial charge on any atom is -0.507 e. The summed E-state index contributed by atoms with van der Waals surface area (Å²) < 4.78 is 6.49. The zero-order valence-corrected chi connectivity index (χ0v) is 19.8. The van der Waals surface area contributed by atoms with Crippen LogP contribution in [0.25, 0.3) is 5.76 Å². The van der Waals surface area contributed by atoms with Crippen LogP contribution in [-0.4, -0.2) is 28.3 Å². The van der Waals surface area contributed by atoms with Crippen LogP contribution in [0.1, 0.15) is 36.1 Å². The molecule has 5 nitrogen and oxygen atoms in total. The number of halogens is 1. The third-order valence-electron chi connectivity index (χ3n) is 5.52. The maximum absolute atomic E-state index is 13.1. The molecule has 1 aliphatic heterocycles. The van der Waals surface area contributed by atoms with E-state index in [0.717, 1.165) is 22.0 Å². The first-order valence-corrected chi connectivity index (χ1v) is 11.6. The average molecular weight is 506 g/mol. The molecule has 1 heterocycles. The second kappa shape index (κ2) is 10.0. The fourth-order valence-corrected chi connectivity index (χ4v) is 4.16. The number of amides is 1. The molecule has 3 aromatic carbocycles. The van der Waals surface area contributed by atoms with Gasteiger partial charge in [0.25, 0.3) is 11.7 Å². The lowest BCUT2D eigenvalue weighted by Crippen LogP contribution is -2.29. The number of hydrogen-bond acceptors (Lipinski definition) is 4. The molecule has 1 atom stereocenters. The van der Waals surface area contributed by atoms with Gasteiger partial charge < -0.3 is 14.7 Å². The molecule has 1 aliphatic rings. The van der Waals surface area contributed by atoms with Crippen LogP contribution in [0.3, 0.4) is 0 Å². The summed E-state index contributed by atoms with van der Waals surface area (Å²) in [5, 5.41) is 11.2. The SMILES string of the molecule is CCCOc1ccc(C(O)=C2C(=O)C(=O)N(Cc3ccccc3)C2c2ccc(Br)cc2)cc1. The number of rotatable bonds is 7. The molecule has 0 saturated carbocycles. The lowest BCUT2D eigenvalue weighted by Gasteiger charge is -2.25. The Bertz CT molecular complexity index is 1170. The minimum absolute atomic E-state index is 0.0838. The van der Waals surface area contributed by atoms with Crippen LogP contribution in [0.15, 0.2) is 88.9 Å². The molecule has 1 saturated heterocycles. The number of carbonyl (C=O) groups is 2. The van der Waals surface area contributed by atoms with Gasteiger partial charge in [0.2, 0.25) is 0 Å². The second-order valence-corrected chi connectivity index (χ2v) is 8.75. The Morgan fingerprint density at radius 1 is 0.970 bits per heavy atom. The van der Waals surface area contributed by atoms with Gasteiger partial charge >= 0.3 is 0 Å². The summed E-state index contributed by atoms with van der Waals surface area (Å²) >= 11 is 3.43. The van der Waals surface area contributed by atoms with Gasteiger partial charge in [-0.05, 0) is 53.9 Å². The molecule has 6 heteroatoms. The monoisotopic (exact) mass is 505 g/mol. The van der Waals surface area contributed by atoms with Crippen molar-refractivity contribution >= 4 is 33.4 Å². The van der Waals surface area contributed by atoms with E-state index in [1.165, 1.54) is 4.90 Å². The van der Waals surface area contributed by atoms with Gasteiger partial charge in [0, 0.05) is 16.6 Å². The standard InChI is InChI=1S/C27H24BrNO4/c1-2-16-33-22-14-10-20(11-15-22)25(30)23-24(19-8-12-21(28)13-9-19)29(27(32)26(23)31)17-18-6-4-3-5-7-18/h3-15,24,30H,2,16-17H2,1H3. The molecule has 0 aliphatic carbocycles. The maximum atomic E-state index is 13.1. The molecular weight excluding hydrogens is 482 g/mol. The minimum atomic E-state index is -0.700. The normalized spacial score (nSPS) is 17.4. The molecule has 0 spiro atoms. The van der Waals surface area contributed by atoms with Gasteiger partial charge in [-0.25, -0.2) is 0 Å². The van der Waals surface area contributed by atoms with Crippen molar-refractivity contribution < 1.29 is 19.4 Å². The largest absolute Gasteiger partial charge is 0.507 e. The van der Waals surface area contributed by atoms with Crippen LogP contribution >= 0.6 is 15.9 Å². The lowest BCUT2D eigenvalue weighted by molar-refractivity contribution is -0.140. The van der Waals surface area contributed by atoms with E-state index in [1.807, 2.05) is 61.5 Å². The van der Waals surface area contributed by atoms with Gasteiger partial charge in [-0.15, -0.1) is 0 Å². The van der Waals surface area contributed by atoms with Crippen molar-refractivity contribution in [1.29, 1.82) is 0 Å². The number of carbonyl (C=O) groups excluding carboxylic acids is 2. The van der Waals surface area contributed by atoms with Crippen molar-refractivity contribution in [3.8, 4) is 5.75 Å². The highest BCUT2D eigenvalue weighted by Gasteiger charge is 2.46. The smallest absolute Gasteiger partial charge is 0.295 e. The van der Waals surface area contributed by atoms with E-state index >= 15 is 0 Å². The Hall–Kier alpha value is -3.38. The number of benzene rings is 3. The van der Waals surface area contributed by atoms with Crippen LogP contribution in [0.2, 0.25) is 0 Å². The van der Waals surface area contributed by atoms with Gasteiger partial charge in [0.1, 0.15) is 11.5 Å². The maximum Gasteiger partial charge on any atom is 0.295 e. The number of aliphatic hydroxyl groups is 1. The zero-order chi connectivity index (χ0) is 23.4. The van der Waals surface area contributed by atoms with Gasteiger partial charge in [-0.3, -0.25) is 9.59 Å². The third kappa shape index (κ3) is 4.86. The molecule has 33 heavy (non-hydrogen) atoms. The summed E-state index contributed by atoms with van der Waals surface area (Å²) in [6.45, 7) is 2.88. The zero-order valence-electron chi connectivity index (χ0n) is 18.2. The number of ether oxygens (including phenoxy) is 1. The Labute approximate surface area is 201 Å². The topological polar surface area (TPSA) is 66.8 Å². The predicted molar refractivity (Wildman–Crippen MR) is 131 cm³/mol. The first-order valence-electron chi connectivity index (χ1n) is 10.8. The second-order valence-electron chi connectivity index (χ2n) is 7.84. The summed E-state index contributed by atoms with van der Waals surface area (Å²) in [4.78, 5) is 27.7. The first kappa shape index (κ1) is 22.8. The molecule has 0 bridgehead atoms. The summed E-state index contributed by atoms with van der Waals surface area (Å²) in [5.74, 6) is -0.833. The van der Waals surface area contributed by atoms with Gasteiger partial charge in [0.15, 0.2) is 0 Å². The molecule has 1 fully saturated rings. The molecule has 168 valence electrons. The van der Waals surface area contributed by atoms with Crippen LogP contribution in [-0.2, 0) is 16.1 Å². The number of aliphatic hydroxyl groups excluding tert-OH is 1. The molecule has 0 radical (unpaired) electrons. The van der Waals surface area contributed by atoms with E-state index in [9.17, 15) is 14.7 Å². The number of ketones is 1. The molecule has 0 aromatic heterocycles. The third-order valence-corrected chi connectivity index (χ3v) is 6.05. The Balaban J connectivity index is 1.78. The van der Waals surface area contributed by atoms with E-state index in [-0.39, 0.29) is 17.9 Å². The average Bonchev–Trinajstić information content (AvgIpc) is 3.08. The number of nitrogens with zero attached hydrogens (tertiary/aromatic N) is 1. The molecule has 3 aromatic rings. The fraction of sp³-hybridized carbons (Fsp3) is 0.185. The van der Waals surface area contributed by atoms with Crippen molar-refractivity contribution in [2.75, 3.05) is 6.61 Å². The highest BCUT2D eigenvalue weighted by atomic mass is 79.9. The summed E-state index contributed by atoms with van der Waals surface area (Å²) in [6, 6.07) is 23.1. The van der Waals surface area contributed by atoms with E-state index < -0.39 is 17.7 Å². The molecule has 1 amide bonds. The fourth-order valence-electron chi connectivity index (χ4n) is 3.90. The van der Waals surface area contributed by atoms with Crippen molar-refractivity contribution in [3.05, 3.63) is 106 Å². The Morgan fingerprint density at radius 2 is 1.64 bits per heavy atom.